The van der Waals surface area contributed by atoms with E-state index in [-0.39, 0.29) is 6.10 Å². The van der Waals surface area contributed by atoms with Crippen LogP contribution < -0.4 is 10.1 Å². The van der Waals surface area contributed by atoms with Gasteiger partial charge in [-0.2, -0.15) is 5.26 Å². The van der Waals surface area contributed by atoms with Crippen LogP contribution in [0.15, 0.2) is 24.3 Å². The van der Waals surface area contributed by atoms with Crippen molar-refractivity contribution in [2.24, 2.45) is 0 Å². The topological polar surface area (TPSA) is 45.0 Å². The van der Waals surface area contributed by atoms with Crippen molar-refractivity contribution in [2.75, 3.05) is 7.05 Å². The predicted molar refractivity (Wildman–Crippen MR) is 71.5 cm³/mol. The molecule has 2 rings (SSSR count). The zero-order valence-corrected chi connectivity index (χ0v) is 11.1. The van der Waals surface area contributed by atoms with E-state index in [4.69, 9.17) is 4.74 Å². The van der Waals surface area contributed by atoms with Crippen molar-refractivity contribution in [1.29, 1.82) is 5.26 Å². The van der Waals surface area contributed by atoms with Gasteiger partial charge in [0.25, 0.3) is 0 Å². The molecule has 2 unspecified atom stereocenters. The summed E-state index contributed by atoms with van der Waals surface area (Å²) in [5.74, 6) is 0.937. The summed E-state index contributed by atoms with van der Waals surface area (Å²) in [5.41, 5.74) is 0.737. The monoisotopic (exact) mass is 244 g/mol. The highest BCUT2D eigenvalue weighted by Crippen LogP contribution is 2.31. The van der Waals surface area contributed by atoms with Gasteiger partial charge in [0.2, 0.25) is 0 Å². The van der Waals surface area contributed by atoms with E-state index in [1.54, 1.807) is 0 Å². The summed E-state index contributed by atoms with van der Waals surface area (Å²) in [6, 6.07) is 10.5. The molecule has 0 heterocycles. The highest BCUT2D eigenvalue weighted by Gasteiger charge is 2.36. The number of para-hydroxylation sites is 1. The molecule has 0 aliphatic heterocycles. The minimum atomic E-state index is -0.411. The van der Waals surface area contributed by atoms with Crippen molar-refractivity contribution in [2.45, 2.75) is 44.2 Å². The molecule has 0 aromatic heterocycles. The molecule has 0 amide bonds. The molecule has 3 heteroatoms. The predicted octanol–water partition coefficient (Wildman–Crippen LogP) is 2.80. The van der Waals surface area contributed by atoms with Crippen LogP contribution in [0, 0.1) is 18.3 Å². The van der Waals surface area contributed by atoms with Gasteiger partial charge in [-0.15, -0.1) is 0 Å². The summed E-state index contributed by atoms with van der Waals surface area (Å²) >= 11 is 0. The first-order chi connectivity index (χ1) is 8.69. The van der Waals surface area contributed by atoms with Crippen molar-refractivity contribution >= 4 is 0 Å². The average molecular weight is 244 g/mol. The Bertz CT molecular complexity index is 452. The molecule has 1 aliphatic carbocycles. The fourth-order valence-corrected chi connectivity index (χ4v) is 2.58. The highest BCUT2D eigenvalue weighted by atomic mass is 16.5. The molecule has 0 spiro atoms. The SMILES string of the molecule is CNC1(C#N)CCCC(Oc2ccccc2C)C1. The van der Waals surface area contributed by atoms with Crippen LogP contribution in [0.5, 0.6) is 5.75 Å². The van der Waals surface area contributed by atoms with Gasteiger partial charge in [0.1, 0.15) is 17.4 Å². The number of aryl methyl sites for hydroxylation is 1. The molecule has 3 nitrogen and oxygen atoms in total. The summed E-state index contributed by atoms with van der Waals surface area (Å²) < 4.78 is 6.05. The Hall–Kier alpha value is -1.53. The van der Waals surface area contributed by atoms with Crippen LogP contribution >= 0.6 is 0 Å². The maximum absolute atomic E-state index is 9.31. The number of rotatable bonds is 3. The summed E-state index contributed by atoms with van der Waals surface area (Å²) in [7, 11) is 1.86. The van der Waals surface area contributed by atoms with E-state index >= 15 is 0 Å². The van der Waals surface area contributed by atoms with Crippen LogP contribution in [-0.4, -0.2) is 18.7 Å². The van der Waals surface area contributed by atoms with Crippen LogP contribution in [0.2, 0.25) is 0 Å². The maximum atomic E-state index is 9.31. The fraction of sp³-hybridized carbons (Fsp3) is 0.533. The van der Waals surface area contributed by atoms with E-state index in [0.29, 0.717) is 0 Å². The van der Waals surface area contributed by atoms with Crippen LogP contribution in [0.25, 0.3) is 0 Å². The van der Waals surface area contributed by atoms with Crippen LogP contribution in [0.1, 0.15) is 31.2 Å². The van der Waals surface area contributed by atoms with Gasteiger partial charge in [0.05, 0.1) is 6.07 Å². The molecule has 0 radical (unpaired) electrons. The number of benzene rings is 1. The molecule has 1 fully saturated rings. The van der Waals surface area contributed by atoms with Crippen LogP contribution in [0.4, 0.5) is 0 Å². The van der Waals surface area contributed by atoms with Gasteiger partial charge < -0.3 is 10.1 Å². The summed E-state index contributed by atoms with van der Waals surface area (Å²) in [5, 5.41) is 12.5. The van der Waals surface area contributed by atoms with E-state index < -0.39 is 5.54 Å². The lowest BCUT2D eigenvalue weighted by atomic mass is 9.81. The van der Waals surface area contributed by atoms with E-state index in [1.807, 2.05) is 38.2 Å². The molecule has 0 saturated heterocycles. The van der Waals surface area contributed by atoms with Crippen molar-refractivity contribution in [3.8, 4) is 11.8 Å². The van der Waals surface area contributed by atoms with Gasteiger partial charge in [0.15, 0.2) is 0 Å². The second-order valence-electron chi connectivity index (χ2n) is 5.05. The van der Waals surface area contributed by atoms with Gasteiger partial charge in [-0.1, -0.05) is 18.2 Å². The Labute approximate surface area is 109 Å². The number of nitrogens with one attached hydrogen (secondary N) is 1. The lowest BCUT2D eigenvalue weighted by Gasteiger charge is -2.35. The van der Waals surface area contributed by atoms with Crippen molar-refractivity contribution in [1.82, 2.24) is 5.32 Å². The Morgan fingerprint density at radius 3 is 2.89 bits per heavy atom. The maximum Gasteiger partial charge on any atom is 0.122 e. The Morgan fingerprint density at radius 1 is 1.44 bits per heavy atom. The van der Waals surface area contributed by atoms with Crippen molar-refractivity contribution < 1.29 is 4.74 Å². The third-order valence-corrected chi connectivity index (χ3v) is 3.79. The molecular weight excluding hydrogens is 224 g/mol. The summed E-state index contributed by atoms with van der Waals surface area (Å²) in [4.78, 5) is 0. The van der Waals surface area contributed by atoms with Gasteiger partial charge in [-0.25, -0.2) is 0 Å². The molecule has 1 aromatic carbocycles. The van der Waals surface area contributed by atoms with E-state index in [9.17, 15) is 5.26 Å². The zero-order valence-electron chi connectivity index (χ0n) is 11.1. The van der Waals surface area contributed by atoms with E-state index in [0.717, 1.165) is 37.0 Å². The molecule has 1 N–H and O–H groups in total. The minimum Gasteiger partial charge on any atom is -0.490 e. The first kappa shape index (κ1) is 12.9. The van der Waals surface area contributed by atoms with Gasteiger partial charge in [0, 0.05) is 6.42 Å². The zero-order chi connectivity index (χ0) is 13.0. The second kappa shape index (κ2) is 5.41. The lowest BCUT2D eigenvalue weighted by Crippen LogP contribution is -2.48. The molecule has 0 bridgehead atoms. The van der Waals surface area contributed by atoms with E-state index in [2.05, 4.69) is 11.4 Å². The number of nitriles is 1. The number of ether oxygens (including phenoxy) is 1. The molecule has 2 atom stereocenters. The van der Waals surface area contributed by atoms with E-state index in [1.165, 1.54) is 0 Å². The Kier molecular flexibility index (Phi) is 3.88. The number of hydrogen-bond acceptors (Lipinski definition) is 3. The minimum absolute atomic E-state index is 0.131. The first-order valence-electron chi connectivity index (χ1n) is 6.51. The standard InChI is InChI=1S/C15H20N2O/c1-12-6-3-4-8-14(12)18-13-7-5-9-15(10-13,11-16)17-2/h3-4,6,8,13,17H,5,7,9-10H2,1-2H3. The smallest absolute Gasteiger partial charge is 0.122 e. The second-order valence-corrected chi connectivity index (χ2v) is 5.05. The molecule has 1 aromatic rings. The average Bonchev–Trinajstić information content (AvgIpc) is 2.41. The molecule has 1 saturated carbocycles. The van der Waals surface area contributed by atoms with Crippen molar-refractivity contribution in [3.05, 3.63) is 29.8 Å². The number of hydrogen-bond donors (Lipinski definition) is 1. The Balaban J connectivity index is 2.07. The van der Waals surface area contributed by atoms with Gasteiger partial charge in [-0.05, 0) is 44.9 Å². The normalized spacial score (nSPS) is 27.5. The van der Waals surface area contributed by atoms with Gasteiger partial charge >= 0.3 is 0 Å². The largest absolute Gasteiger partial charge is 0.490 e. The number of nitrogens with zero attached hydrogens (tertiary/aromatic N) is 1. The summed E-state index contributed by atoms with van der Waals surface area (Å²) in [6.07, 6.45) is 3.86. The first-order valence-corrected chi connectivity index (χ1v) is 6.51. The lowest BCUT2D eigenvalue weighted by molar-refractivity contribution is 0.115. The molecular formula is C15H20N2O. The highest BCUT2D eigenvalue weighted by molar-refractivity contribution is 5.32. The fourth-order valence-electron chi connectivity index (χ4n) is 2.58. The van der Waals surface area contributed by atoms with Crippen LogP contribution in [-0.2, 0) is 0 Å². The van der Waals surface area contributed by atoms with Crippen molar-refractivity contribution in [3.63, 3.8) is 0 Å². The summed E-state index contributed by atoms with van der Waals surface area (Å²) in [6.45, 7) is 2.05. The van der Waals surface area contributed by atoms with Gasteiger partial charge in [-0.3, -0.25) is 0 Å². The molecule has 1 aliphatic rings. The molecule has 96 valence electrons. The third-order valence-electron chi connectivity index (χ3n) is 3.79. The van der Waals surface area contributed by atoms with Crippen LogP contribution in [0.3, 0.4) is 0 Å². The third kappa shape index (κ3) is 2.65. The molecule has 18 heavy (non-hydrogen) atoms. The Morgan fingerprint density at radius 2 is 2.22 bits per heavy atom. The quantitative estimate of drug-likeness (QED) is 0.889.